The Morgan fingerprint density at radius 1 is 1.28 bits per heavy atom. The van der Waals surface area contributed by atoms with E-state index in [1.165, 1.54) is 0 Å². The Kier molecular flexibility index (Phi) is 3.65. The molecule has 0 saturated carbocycles. The van der Waals surface area contributed by atoms with E-state index in [2.05, 4.69) is 0 Å². The van der Waals surface area contributed by atoms with Crippen LogP contribution in [0.3, 0.4) is 0 Å². The fourth-order valence-electron chi connectivity index (χ4n) is 2.16. The molecule has 0 spiro atoms. The molecule has 1 heterocycles. The highest BCUT2D eigenvalue weighted by Gasteiger charge is 2.20. The Labute approximate surface area is 106 Å². The number of nitrogens with zero attached hydrogens (tertiary/aromatic N) is 1. The summed E-state index contributed by atoms with van der Waals surface area (Å²) in [6.07, 6.45) is 2.59. The topological polar surface area (TPSA) is 57.6 Å². The zero-order chi connectivity index (χ0) is 13.1. The van der Waals surface area contributed by atoms with E-state index >= 15 is 0 Å². The molecule has 96 valence electrons. The molecular formula is C14H17NO3. The third-order valence-electron chi connectivity index (χ3n) is 3.40. The second-order valence-electron chi connectivity index (χ2n) is 4.65. The van der Waals surface area contributed by atoms with Gasteiger partial charge in [-0.15, -0.1) is 0 Å². The maximum atomic E-state index is 11.8. The molecule has 4 nitrogen and oxygen atoms in total. The number of benzene rings is 1. The molecule has 0 bridgehead atoms. The van der Waals surface area contributed by atoms with Gasteiger partial charge in [0, 0.05) is 18.7 Å². The Morgan fingerprint density at radius 3 is 2.50 bits per heavy atom. The number of hydrogen-bond acceptors (Lipinski definition) is 2. The van der Waals surface area contributed by atoms with Crippen LogP contribution in [0.4, 0.5) is 5.69 Å². The minimum absolute atomic E-state index is 0.153. The number of carboxylic acids is 1. The highest BCUT2D eigenvalue weighted by molar-refractivity contribution is 5.94. The van der Waals surface area contributed by atoms with Gasteiger partial charge in [-0.05, 0) is 37.5 Å². The van der Waals surface area contributed by atoms with Crippen LogP contribution >= 0.6 is 0 Å². The van der Waals surface area contributed by atoms with Crippen molar-refractivity contribution in [1.82, 2.24) is 0 Å². The third-order valence-corrected chi connectivity index (χ3v) is 3.40. The molecule has 18 heavy (non-hydrogen) atoms. The Morgan fingerprint density at radius 2 is 1.94 bits per heavy atom. The molecule has 0 aliphatic carbocycles. The molecule has 1 atom stereocenters. The molecule has 2 rings (SSSR count). The fourth-order valence-corrected chi connectivity index (χ4v) is 2.16. The van der Waals surface area contributed by atoms with Gasteiger partial charge >= 0.3 is 5.97 Å². The van der Waals surface area contributed by atoms with Crippen LogP contribution in [-0.4, -0.2) is 23.5 Å². The van der Waals surface area contributed by atoms with Gasteiger partial charge in [0.2, 0.25) is 5.91 Å². The highest BCUT2D eigenvalue weighted by Crippen LogP contribution is 2.23. The fraction of sp³-hybridized carbons (Fsp3) is 0.429. The highest BCUT2D eigenvalue weighted by atomic mass is 16.4. The average Bonchev–Trinajstić information content (AvgIpc) is 2.38. The first-order valence-electron chi connectivity index (χ1n) is 6.22. The normalized spacial score (nSPS) is 17.6. The number of hydrogen-bond donors (Lipinski definition) is 1. The van der Waals surface area contributed by atoms with Gasteiger partial charge in [0.15, 0.2) is 0 Å². The molecule has 1 aliphatic heterocycles. The quantitative estimate of drug-likeness (QED) is 0.892. The summed E-state index contributed by atoms with van der Waals surface area (Å²) in [5.41, 5.74) is 1.62. The van der Waals surface area contributed by atoms with Gasteiger partial charge < -0.3 is 10.0 Å². The molecule has 1 aromatic rings. The van der Waals surface area contributed by atoms with E-state index in [0.717, 1.165) is 30.6 Å². The van der Waals surface area contributed by atoms with Crippen LogP contribution in [0.2, 0.25) is 0 Å². The lowest BCUT2D eigenvalue weighted by molar-refractivity contribution is -0.138. The number of anilines is 1. The molecule has 0 aromatic heterocycles. The summed E-state index contributed by atoms with van der Waals surface area (Å²) >= 11 is 0. The lowest BCUT2D eigenvalue weighted by atomic mass is 10.0. The van der Waals surface area contributed by atoms with Crippen molar-refractivity contribution < 1.29 is 14.7 Å². The maximum absolute atomic E-state index is 11.8. The lowest BCUT2D eigenvalue weighted by Gasteiger charge is -2.27. The Bertz CT molecular complexity index is 453. The van der Waals surface area contributed by atoms with Crippen LogP contribution in [0.1, 0.15) is 37.7 Å². The summed E-state index contributed by atoms with van der Waals surface area (Å²) in [5.74, 6) is -1.20. The lowest BCUT2D eigenvalue weighted by Crippen LogP contribution is -2.35. The van der Waals surface area contributed by atoms with Gasteiger partial charge in [0.05, 0.1) is 5.92 Å². The largest absolute Gasteiger partial charge is 0.481 e. The smallest absolute Gasteiger partial charge is 0.310 e. The van der Waals surface area contributed by atoms with E-state index < -0.39 is 11.9 Å². The van der Waals surface area contributed by atoms with Crippen molar-refractivity contribution in [2.45, 2.75) is 32.1 Å². The zero-order valence-corrected chi connectivity index (χ0v) is 10.4. The second-order valence-corrected chi connectivity index (χ2v) is 4.65. The summed E-state index contributed by atoms with van der Waals surface area (Å²) in [4.78, 5) is 24.4. The summed E-state index contributed by atoms with van der Waals surface area (Å²) in [5, 5.41) is 8.93. The summed E-state index contributed by atoms with van der Waals surface area (Å²) in [7, 11) is 0. The number of carboxylic acid groups (broad SMARTS) is 1. The molecule has 1 unspecified atom stereocenters. The van der Waals surface area contributed by atoms with Crippen molar-refractivity contribution >= 4 is 17.6 Å². The summed E-state index contributed by atoms with van der Waals surface area (Å²) in [6, 6.07) is 7.24. The SMILES string of the molecule is CC(C(=O)O)c1ccc(N2CCCCC2=O)cc1. The standard InChI is InChI=1S/C14H17NO3/c1-10(14(17)18)11-5-7-12(8-6-11)15-9-3-2-4-13(15)16/h5-8,10H,2-4,9H2,1H3,(H,17,18). The molecule has 1 N–H and O–H groups in total. The van der Waals surface area contributed by atoms with Crippen LogP contribution < -0.4 is 4.90 Å². The van der Waals surface area contributed by atoms with E-state index in [4.69, 9.17) is 5.11 Å². The van der Waals surface area contributed by atoms with E-state index in [0.29, 0.717) is 6.42 Å². The zero-order valence-electron chi connectivity index (χ0n) is 10.4. The monoisotopic (exact) mass is 247 g/mol. The summed E-state index contributed by atoms with van der Waals surface area (Å²) in [6.45, 7) is 2.41. The minimum Gasteiger partial charge on any atom is -0.481 e. The van der Waals surface area contributed by atoms with Gasteiger partial charge in [-0.25, -0.2) is 0 Å². The van der Waals surface area contributed by atoms with Crippen molar-refractivity contribution in [1.29, 1.82) is 0 Å². The first kappa shape index (κ1) is 12.6. The van der Waals surface area contributed by atoms with Crippen LogP contribution in [0.25, 0.3) is 0 Å². The molecular weight excluding hydrogens is 230 g/mol. The molecule has 1 fully saturated rings. The predicted molar refractivity (Wildman–Crippen MR) is 68.7 cm³/mol. The van der Waals surface area contributed by atoms with Crippen molar-refractivity contribution in [2.75, 3.05) is 11.4 Å². The minimum atomic E-state index is -0.836. The van der Waals surface area contributed by atoms with Gasteiger partial charge in [0.25, 0.3) is 0 Å². The van der Waals surface area contributed by atoms with E-state index in [-0.39, 0.29) is 5.91 Å². The summed E-state index contributed by atoms with van der Waals surface area (Å²) < 4.78 is 0. The number of aliphatic carboxylic acids is 1. The average molecular weight is 247 g/mol. The molecule has 1 aromatic carbocycles. The number of rotatable bonds is 3. The second kappa shape index (κ2) is 5.21. The Balaban J connectivity index is 2.16. The first-order chi connectivity index (χ1) is 8.59. The number of piperidine rings is 1. The molecule has 4 heteroatoms. The Hall–Kier alpha value is -1.84. The van der Waals surface area contributed by atoms with Crippen LogP contribution in [0.15, 0.2) is 24.3 Å². The van der Waals surface area contributed by atoms with Crippen LogP contribution in [0, 0.1) is 0 Å². The molecule has 1 saturated heterocycles. The van der Waals surface area contributed by atoms with Gasteiger partial charge in [-0.1, -0.05) is 12.1 Å². The van der Waals surface area contributed by atoms with Crippen LogP contribution in [0.5, 0.6) is 0 Å². The van der Waals surface area contributed by atoms with Crippen LogP contribution in [-0.2, 0) is 9.59 Å². The maximum Gasteiger partial charge on any atom is 0.310 e. The number of carbonyl (C=O) groups excluding carboxylic acids is 1. The predicted octanol–water partition coefficient (Wildman–Crippen LogP) is 2.39. The van der Waals surface area contributed by atoms with Gasteiger partial charge in [-0.2, -0.15) is 0 Å². The van der Waals surface area contributed by atoms with Crippen molar-refractivity contribution in [3.63, 3.8) is 0 Å². The third kappa shape index (κ3) is 2.53. The van der Waals surface area contributed by atoms with Crippen molar-refractivity contribution in [3.8, 4) is 0 Å². The van der Waals surface area contributed by atoms with Gasteiger partial charge in [-0.3, -0.25) is 9.59 Å². The molecule has 1 amide bonds. The number of amides is 1. The first-order valence-corrected chi connectivity index (χ1v) is 6.22. The molecule has 0 radical (unpaired) electrons. The van der Waals surface area contributed by atoms with Gasteiger partial charge in [0.1, 0.15) is 0 Å². The van der Waals surface area contributed by atoms with E-state index in [1.807, 2.05) is 12.1 Å². The molecule has 1 aliphatic rings. The van der Waals surface area contributed by atoms with E-state index in [1.54, 1.807) is 24.0 Å². The van der Waals surface area contributed by atoms with E-state index in [9.17, 15) is 9.59 Å². The van der Waals surface area contributed by atoms with Crippen molar-refractivity contribution in [3.05, 3.63) is 29.8 Å². The van der Waals surface area contributed by atoms with Crippen molar-refractivity contribution in [2.24, 2.45) is 0 Å². The number of carbonyl (C=O) groups is 2.